The zero-order valence-electron chi connectivity index (χ0n) is 21.4. The van der Waals surface area contributed by atoms with E-state index in [0.29, 0.717) is 11.2 Å². The van der Waals surface area contributed by atoms with Crippen LogP contribution in [0.25, 0.3) is 11.2 Å². The molecule has 13 nitrogen and oxygen atoms in total. The number of nitrogens with zero attached hydrogens (tertiary/aromatic N) is 5. The summed E-state index contributed by atoms with van der Waals surface area (Å²) >= 11 is 0. The molecule has 0 bridgehead atoms. The van der Waals surface area contributed by atoms with Crippen LogP contribution in [0.2, 0.25) is 18.1 Å². The minimum Gasteiger partial charge on any atom is -0.408 e. The van der Waals surface area contributed by atoms with Gasteiger partial charge in [-0.2, -0.15) is 13.1 Å². The minimum atomic E-state index is -4.38. The molecular weight excluding hydrogens is 539 g/mol. The van der Waals surface area contributed by atoms with Crippen LogP contribution < -0.4 is 8.91 Å². The molecule has 0 spiro atoms. The summed E-state index contributed by atoms with van der Waals surface area (Å²) in [5.74, 6) is -0.129. The lowest BCUT2D eigenvalue weighted by Crippen LogP contribution is -2.50. The van der Waals surface area contributed by atoms with Gasteiger partial charge in [-0.25, -0.2) is 19.3 Å². The number of ether oxygens (including phenoxy) is 1. The Kier molecular flexibility index (Phi) is 7.55. The number of rotatable bonds is 9. The van der Waals surface area contributed by atoms with Crippen molar-refractivity contribution in [1.29, 1.82) is 0 Å². The highest BCUT2D eigenvalue weighted by Gasteiger charge is 2.51. The van der Waals surface area contributed by atoms with Crippen LogP contribution in [0.3, 0.4) is 0 Å². The number of nitro benzene ring substituents is 1. The highest BCUT2D eigenvalue weighted by molar-refractivity contribution is 7.85. The number of nitrogens with one attached hydrogen (secondary N) is 1. The summed E-state index contributed by atoms with van der Waals surface area (Å²) in [6, 6.07) is 4.55. The topological polar surface area (TPSA) is 161 Å². The molecule has 2 aromatic heterocycles. The van der Waals surface area contributed by atoms with Gasteiger partial charge in [0.1, 0.15) is 29.8 Å². The minimum absolute atomic E-state index is 0.129. The van der Waals surface area contributed by atoms with Crippen LogP contribution in [0.4, 0.5) is 10.1 Å². The van der Waals surface area contributed by atoms with Gasteiger partial charge in [-0.3, -0.25) is 14.7 Å². The first kappa shape index (κ1) is 28.0. The normalized spacial score (nSPS) is 22.6. The summed E-state index contributed by atoms with van der Waals surface area (Å²) < 4.78 is 62.3. The Morgan fingerprint density at radius 1 is 1.24 bits per heavy atom. The summed E-state index contributed by atoms with van der Waals surface area (Å²) in [4.78, 5) is 22.5. The zero-order chi connectivity index (χ0) is 27.9. The van der Waals surface area contributed by atoms with Gasteiger partial charge in [-0.15, -0.1) is 0 Å². The fourth-order valence-corrected chi connectivity index (χ4v) is 5.78. The molecule has 4 rings (SSSR count). The number of alkyl halides is 1. The number of non-ortho nitro benzene ring substituents is 1. The van der Waals surface area contributed by atoms with Gasteiger partial charge in [0, 0.05) is 18.7 Å². The molecule has 3 aromatic rings. The smallest absolute Gasteiger partial charge is 0.382 e. The monoisotopic (exact) mass is 568 g/mol. The molecule has 4 atom stereocenters. The molecule has 38 heavy (non-hydrogen) atoms. The van der Waals surface area contributed by atoms with Crippen LogP contribution in [0, 0.1) is 10.1 Å². The van der Waals surface area contributed by atoms with Crippen molar-refractivity contribution >= 4 is 35.5 Å². The third-order valence-corrected chi connectivity index (χ3v) is 12.1. The van der Waals surface area contributed by atoms with Gasteiger partial charge in [0.05, 0.1) is 17.4 Å². The SMILES string of the molecule is CC(C)(C)[Si](C)(C)O[C@@H]1[C@@H](CNS(=O)(=O)Oc2ccc([N+](=O)[O-])cc2)OC(n2cnc3cncnc32)[C@@H]1F. The van der Waals surface area contributed by atoms with E-state index < -0.39 is 48.2 Å². The van der Waals surface area contributed by atoms with E-state index in [2.05, 4.69) is 19.7 Å². The predicted molar refractivity (Wildman–Crippen MR) is 137 cm³/mol. The van der Waals surface area contributed by atoms with Crippen molar-refractivity contribution in [1.82, 2.24) is 24.2 Å². The molecule has 1 fully saturated rings. The Labute approximate surface area is 219 Å². The van der Waals surface area contributed by atoms with Gasteiger partial charge in [-0.05, 0) is 30.3 Å². The van der Waals surface area contributed by atoms with E-state index in [9.17, 15) is 18.5 Å². The number of halogens is 1. The second-order valence-electron chi connectivity index (χ2n) is 10.4. The van der Waals surface area contributed by atoms with Gasteiger partial charge >= 0.3 is 10.3 Å². The van der Waals surface area contributed by atoms with Crippen molar-refractivity contribution in [3.8, 4) is 5.75 Å². The maximum Gasteiger partial charge on any atom is 0.382 e. The Bertz CT molecular complexity index is 1410. The van der Waals surface area contributed by atoms with E-state index in [-0.39, 0.29) is 23.0 Å². The number of fused-ring (bicyclic) bond motifs is 1. The van der Waals surface area contributed by atoms with E-state index in [1.165, 1.54) is 23.4 Å². The fourth-order valence-electron chi connectivity index (χ4n) is 3.67. The van der Waals surface area contributed by atoms with Crippen molar-refractivity contribution in [2.45, 2.75) is 63.5 Å². The molecule has 16 heteroatoms. The third kappa shape index (κ3) is 5.83. The molecule has 1 unspecified atom stereocenters. The highest BCUT2D eigenvalue weighted by Crippen LogP contribution is 2.42. The Morgan fingerprint density at radius 3 is 2.55 bits per heavy atom. The van der Waals surface area contributed by atoms with Crippen LogP contribution in [0.5, 0.6) is 5.75 Å². The van der Waals surface area contributed by atoms with Crippen molar-refractivity contribution in [2.75, 3.05) is 6.54 Å². The van der Waals surface area contributed by atoms with Crippen LogP contribution in [-0.4, -0.2) is 66.1 Å². The Morgan fingerprint density at radius 2 is 1.92 bits per heavy atom. The summed E-state index contributed by atoms with van der Waals surface area (Å²) in [5, 5.41) is 10.6. The van der Waals surface area contributed by atoms with E-state index in [1.54, 1.807) is 0 Å². The van der Waals surface area contributed by atoms with E-state index >= 15 is 4.39 Å². The summed E-state index contributed by atoms with van der Waals surface area (Å²) in [5.41, 5.74) is 0.595. The summed E-state index contributed by atoms with van der Waals surface area (Å²) in [6.45, 7) is 9.60. The highest BCUT2D eigenvalue weighted by atomic mass is 32.2. The third-order valence-electron chi connectivity index (χ3n) is 6.73. The molecule has 0 amide bonds. The van der Waals surface area contributed by atoms with Crippen LogP contribution >= 0.6 is 0 Å². The number of benzene rings is 1. The van der Waals surface area contributed by atoms with Gasteiger partial charge in [0.25, 0.3) is 5.69 Å². The quantitative estimate of drug-likeness (QED) is 0.230. The summed E-state index contributed by atoms with van der Waals surface area (Å²) in [7, 11) is -6.89. The van der Waals surface area contributed by atoms with Crippen LogP contribution in [0.15, 0.2) is 43.1 Å². The first-order valence-electron chi connectivity index (χ1n) is 11.7. The first-order valence-corrected chi connectivity index (χ1v) is 16.0. The van der Waals surface area contributed by atoms with E-state index in [4.69, 9.17) is 13.3 Å². The van der Waals surface area contributed by atoms with E-state index in [0.717, 1.165) is 24.3 Å². The molecule has 206 valence electrons. The van der Waals surface area contributed by atoms with Crippen molar-refractivity contribution in [3.63, 3.8) is 0 Å². The molecule has 0 saturated carbocycles. The van der Waals surface area contributed by atoms with Crippen molar-refractivity contribution < 1.29 is 31.1 Å². The lowest BCUT2D eigenvalue weighted by molar-refractivity contribution is -0.384. The second-order valence-corrected chi connectivity index (χ2v) is 16.5. The number of aromatic nitrogens is 4. The average Bonchev–Trinajstić information content (AvgIpc) is 3.38. The van der Waals surface area contributed by atoms with Crippen LogP contribution in [0.1, 0.15) is 27.0 Å². The fraction of sp³-hybridized carbons (Fsp3) is 0.500. The number of imidazole rings is 1. The average molecular weight is 569 g/mol. The van der Waals surface area contributed by atoms with Crippen molar-refractivity contribution in [2.24, 2.45) is 0 Å². The van der Waals surface area contributed by atoms with Gasteiger partial charge in [0.2, 0.25) is 0 Å². The van der Waals surface area contributed by atoms with Gasteiger partial charge in [-0.1, -0.05) is 20.8 Å². The standard InChI is InChI=1S/C22H29FN6O7SSi/c1-22(2,3)38(4,5)36-19-17(11-27-37(32,33)35-15-8-6-14(7-9-15)29(30)31)34-21(18(19)23)28-13-26-16-10-24-12-25-20(16)28/h6-10,12-13,17-19,21,27H,11H2,1-5H3/t17-,18-,19-,21?/m1/s1. The molecule has 3 heterocycles. The van der Waals surface area contributed by atoms with Crippen LogP contribution in [-0.2, 0) is 19.5 Å². The number of hydrogen-bond donors (Lipinski definition) is 1. The molecule has 1 aliphatic rings. The molecular formula is C22H29FN6O7SSi. The van der Waals surface area contributed by atoms with E-state index in [1.807, 2.05) is 33.9 Å². The predicted octanol–water partition coefficient (Wildman–Crippen LogP) is 3.27. The molecule has 1 aromatic carbocycles. The molecule has 0 aliphatic carbocycles. The van der Waals surface area contributed by atoms with Crippen molar-refractivity contribution in [3.05, 3.63) is 53.2 Å². The number of hydrogen-bond acceptors (Lipinski definition) is 10. The van der Waals surface area contributed by atoms with Gasteiger partial charge in [0.15, 0.2) is 26.4 Å². The lowest BCUT2D eigenvalue weighted by Gasteiger charge is -2.39. The lowest BCUT2D eigenvalue weighted by atomic mass is 10.1. The van der Waals surface area contributed by atoms with Gasteiger partial charge < -0.3 is 13.3 Å². The Balaban J connectivity index is 1.55. The second kappa shape index (κ2) is 10.3. The maximum atomic E-state index is 16.0. The largest absolute Gasteiger partial charge is 0.408 e. The molecule has 1 N–H and O–H groups in total. The molecule has 1 saturated heterocycles. The summed E-state index contributed by atoms with van der Waals surface area (Å²) in [6.07, 6.45) is -0.749. The molecule has 0 radical (unpaired) electrons. The molecule has 1 aliphatic heterocycles. The zero-order valence-corrected chi connectivity index (χ0v) is 23.3. The maximum absolute atomic E-state index is 16.0. The first-order chi connectivity index (χ1) is 17.7. The number of nitro groups is 1. The Hall–Kier alpha value is -3.05.